The van der Waals surface area contributed by atoms with E-state index in [1.807, 2.05) is 0 Å². The zero-order valence-electron chi connectivity index (χ0n) is 12.5. The maximum absolute atomic E-state index is 12.2. The van der Waals surface area contributed by atoms with Gasteiger partial charge in [-0.15, -0.1) is 0 Å². The number of benzene rings is 1. The number of nitro groups is 1. The van der Waals surface area contributed by atoms with E-state index in [0.29, 0.717) is 10.2 Å². The number of carbonyl (C=O) groups excluding carboxylic acids is 1. The van der Waals surface area contributed by atoms with Crippen LogP contribution in [0.1, 0.15) is 10.5 Å². The number of ether oxygens (including phenoxy) is 1. The van der Waals surface area contributed by atoms with Crippen LogP contribution in [-0.2, 0) is 7.05 Å². The van der Waals surface area contributed by atoms with E-state index in [0.717, 1.165) is 22.2 Å². The number of alkyl halides is 2. The third-order valence-electron chi connectivity index (χ3n) is 3.03. The van der Waals surface area contributed by atoms with Gasteiger partial charge in [-0.2, -0.15) is 13.9 Å². The highest BCUT2D eigenvalue weighted by molar-refractivity contribution is 7.22. The van der Waals surface area contributed by atoms with Crippen molar-refractivity contribution in [1.82, 2.24) is 14.8 Å². The number of nitrogens with one attached hydrogen (secondary N) is 1. The number of hydrogen-bond acceptors (Lipinski definition) is 7. The summed E-state index contributed by atoms with van der Waals surface area (Å²) in [6, 6.07) is 4.14. The molecule has 2 heterocycles. The minimum absolute atomic E-state index is 0.0376. The average molecular weight is 369 g/mol. The van der Waals surface area contributed by atoms with Crippen molar-refractivity contribution in [1.29, 1.82) is 0 Å². The van der Waals surface area contributed by atoms with Crippen molar-refractivity contribution in [2.45, 2.75) is 6.61 Å². The fraction of sp³-hybridized carbons (Fsp3) is 0.154. The van der Waals surface area contributed by atoms with E-state index < -0.39 is 23.1 Å². The van der Waals surface area contributed by atoms with Crippen LogP contribution in [-0.4, -0.2) is 32.2 Å². The largest absolute Gasteiger partial charge is 0.435 e. The van der Waals surface area contributed by atoms with Crippen LogP contribution in [0.5, 0.6) is 5.75 Å². The number of nitrogens with zero attached hydrogens (tertiary/aromatic N) is 4. The molecule has 0 spiro atoms. The lowest BCUT2D eigenvalue weighted by Gasteiger charge is -2.02. The summed E-state index contributed by atoms with van der Waals surface area (Å²) >= 11 is 1.01. The smallest absolute Gasteiger partial charge is 0.387 e. The molecule has 25 heavy (non-hydrogen) atoms. The van der Waals surface area contributed by atoms with Crippen molar-refractivity contribution in [2.75, 3.05) is 5.32 Å². The zero-order valence-corrected chi connectivity index (χ0v) is 13.3. The van der Waals surface area contributed by atoms with Gasteiger partial charge in [-0.3, -0.25) is 24.9 Å². The normalized spacial score (nSPS) is 11.0. The molecule has 3 aromatic rings. The molecule has 0 aliphatic rings. The Labute approximate surface area is 142 Å². The first-order valence-electron chi connectivity index (χ1n) is 6.68. The number of rotatable bonds is 5. The van der Waals surface area contributed by atoms with Gasteiger partial charge in [-0.25, -0.2) is 4.98 Å². The van der Waals surface area contributed by atoms with Crippen molar-refractivity contribution in [3.8, 4) is 5.75 Å². The number of carbonyl (C=O) groups is 1. The Morgan fingerprint density at radius 3 is 2.92 bits per heavy atom. The molecule has 0 aliphatic heterocycles. The van der Waals surface area contributed by atoms with Crippen molar-refractivity contribution in [2.24, 2.45) is 7.05 Å². The van der Waals surface area contributed by atoms with E-state index in [1.165, 1.54) is 25.2 Å². The van der Waals surface area contributed by atoms with Crippen LogP contribution in [0.4, 0.5) is 19.6 Å². The molecule has 9 nitrogen and oxygen atoms in total. The van der Waals surface area contributed by atoms with Gasteiger partial charge < -0.3 is 4.74 Å². The average Bonchev–Trinajstić information content (AvgIpc) is 3.09. The van der Waals surface area contributed by atoms with Crippen molar-refractivity contribution >= 4 is 38.3 Å². The topological polar surface area (TPSA) is 112 Å². The predicted octanol–water partition coefficient (Wildman–Crippen LogP) is 2.79. The molecule has 1 N–H and O–H groups in total. The number of hydrogen-bond donors (Lipinski definition) is 1. The lowest BCUT2D eigenvalue weighted by molar-refractivity contribution is -0.385. The number of halogens is 2. The molecule has 130 valence electrons. The first-order valence-corrected chi connectivity index (χ1v) is 7.50. The molecule has 0 aliphatic carbocycles. The number of anilines is 1. The molecule has 1 aromatic carbocycles. The summed E-state index contributed by atoms with van der Waals surface area (Å²) in [5.74, 6) is -0.834. The molecule has 12 heteroatoms. The number of thiazole rings is 1. The number of aryl methyl sites for hydroxylation is 1. The van der Waals surface area contributed by atoms with E-state index in [2.05, 4.69) is 20.1 Å². The number of aromatic nitrogens is 3. The summed E-state index contributed by atoms with van der Waals surface area (Å²) in [6.45, 7) is -2.95. The maximum atomic E-state index is 12.2. The molecule has 0 fully saturated rings. The van der Waals surface area contributed by atoms with Gasteiger partial charge >= 0.3 is 12.3 Å². The first kappa shape index (κ1) is 16.7. The Kier molecular flexibility index (Phi) is 4.27. The second-order valence-electron chi connectivity index (χ2n) is 4.77. The van der Waals surface area contributed by atoms with E-state index in [1.54, 1.807) is 0 Å². The number of amides is 1. The minimum Gasteiger partial charge on any atom is -0.435 e. The van der Waals surface area contributed by atoms with E-state index >= 15 is 0 Å². The van der Waals surface area contributed by atoms with Crippen molar-refractivity contribution in [3.05, 3.63) is 40.2 Å². The maximum Gasteiger partial charge on any atom is 0.387 e. The van der Waals surface area contributed by atoms with Gasteiger partial charge in [0.15, 0.2) is 5.13 Å². The van der Waals surface area contributed by atoms with Gasteiger partial charge in [0.2, 0.25) is 5.69 Å². The van der Waals surface area contributed by atoms with Crippen LogP contribution in [0, 0.1) is 10.1 Å². The second kappa shape index (κ2) is 6.39. The van der Waals surface area contributed by atoms with Gasteiger partial charge in [0.05, 0.1) is 15.1 Å². The van der Waals surface area contributed by atoms with E-state index in [4.69, 9.17) is 0 Å². The molecule has 0 unspecified atom stereocenters. The fourth-order valence-corrected chi connectivity index (χ4v) is 2.95. The van der Waals surface area contributed by atoms with Gasteiger partial charge in [-0.1, -0.05) is 11.3 Å². The zero-order chi connectivity index (χ0) is 18.1. The van der Waals surface area contributed by atoms with Gasteiger partial charge in [0.1, 0.15) is 11.9 Å². The van der Waals surface area contributed by atoms with Gasteiger partial charge in [-0.05, 0) is 18.2 Å². The highest BCUT2D eigenvalue weighted by Crippen LogP contribution is 2.30. The summed E-state index contributed by atoms with van der Waals surface area (Å²) in [4.78, 5) is 26.5. The van der Waals surface area contributed by atoms with Crippen LogP contribution >= 0.6 is 11.3 Å². The Morgan fingerprint density at radius 2 is 2.24 bits per heavy atom. The molecular formula is C13H9F2N5O4S. The molecule has 1 amide bonds. The van der Waals surface area contributed by atoms with Crippen molar-refractivity contribution < 1.29 is 23.2 Å². The molecule has 0 radical (unpaired) electrons. The monoisotopic (exact) mass is 369 g/mol. The number of fused-ring (bicyclic) bond motifs is 1. The SMILES string of the molecule is Cn1cc([N+](=O)[O-])c(C(=O)Nc2nc3ccc(OC(F)F)cc3s2)n1. The minimum atomic E-state index is -2.95. The van der Waals surface area contributed by atoms with Crippen LogP contribution < -0.4 is 10.1 Å². The lowest BCUT2D eigenvalue weighted by Crippen LogP contribution is -2.14. The Balaban J connectivity index is 1.85. The van der Waals surface area contributed by atoms with E-state index in [9.17, 15) is 23.7 Å². The van der Waals surface area contributed by atoms with Gasteiger partial charge in [0.25, 0.3) is 5.91 Å². The predicted molar refractivity (Wildman–Crippen MR) is 84.1 cm³/mol. The standard InChI is InChI=1S/C13H9F2N5O4S/c1-19-5-8(20(22)23)10(18-19)11(21)17-13-16-7-3-2-6(24-12(14)15)4-9(7)25-13/h2-5,12H,1H3,(H,16,17,21). The van der Waals surface area contributed by atoms with Crippen LogP contribution in [0.2, 0.25) is 0 Å². The Bertz CT molecular complexity index is 971. The first-order chi connectivity index (χ1) is 11.8. The third-order valence-corrected chi connectivity index (χ3v) is 3.96. The Morgan fingerprint density at radius 1 is 1.48 bits per heavy atom. The molecule has 0 bridgehead atoms. The van der Waals surface area contributed by atoms with Crippen LogP contribution in [0.25, 0.3) is 10.2 Å². The van der Waals surface area contributed by atoms with Crippen molar-refractivity contribution in [3.63, 3.8) is 0 Å². The van der Waals surface area contributed by atoms with E-state index in [-0.39, 0.29) is 16.6 Å². The molecular weight excluding hydrogens is 360 g/mol. The highest BCUT2D eigenvalue weighted by atomic mass is 32.1. The summed E-state index contributed by atoms with van der Waals surface area (Å²) in [6.07, 6.45) is 1.11. The molecule has 2 aromatic heterocycles. The molecule has 0 atom stereocenters. The summed E-state index contributed by atoms with van der Waals surface area (Å²) in [5, 5.41) is 17.3. The summed E-state index contributed by atoms with van der Waals surface area (Å²) < 4.78 is 30.4. The summed E-state index contributed by atoms with van der Waals surface area (Å²) in [5.41, 5.74) is -0.334. The third kappa shape index (κ3) is 3.52. The quantitative estimate of drug-likeness (QED) is 0.547. The van der Waals surface area contributed by atoms with Gasteiger partial charge in [0, 0.05) is 7.05 Å². The van der Waals surface area contributed by atoms with Crippen LogP contribution in [0.15, 0.2) is 24.4 Å². The summed E-state index contributed by atoms with van der Waals surface area (Å²) in [7, 11) is 1.45. The molecule has 3 rings (SSSR count). The Hall–Kier alpha value is -3.15. The van der Waals surface area contributed by atoms with Crippen LogP contribution in [0.3, 0.4) is 0 Å². The fourth-order valence-electron chi connectivity index (χ4n) is 2.06. The molecule has 0 saturated carbocycles. The second-order valence-corrected chi connectivity index (χ2v) is 5.81. The lowest BCUT2D eigenvalue weighted by atomic mass is 10.3. The highest BCUT2D eigenvalue weighted by Gasteiger charge is 2.25. The molecule has 0 saturated heterocycles.